The Hall–Kier alpha value is -2.53. The van der Waals surface area contributed by atoms with Crippen LogP contribution in [0.4, 0.5) is 4.39 Å². The Balaban J connectivity index is 1.43. The van der Waals surface area contributed by atoms with Crippen LogP contribution < -0.4 is 0 Å². The largest absolute Gasteiger partial charge is 0.298 e. The Bertz CT molecular complexity index is 887. The molecule has 0 aliphatic carbocycles. The molecule has 1 atom stereocenters. The molecule has 0 radical (unpaired) electrons. The lowest BCUT2D eigenvalue weighted by molar-refractivity contribution is 0.198. The molecule has 1 aliphatic heterocycles. The quantitative estimate of drug-likeness (QED) is 0.688. The van der Waals surface area contributed by atoms with Crippen LogP contribution in [0.5, 0.6) is 0 Å². The average molecular weight is 364 g/mol. The van der Waals surface area contributed by atoms with Crippen LogP contribution in [-0.4, -0.2) is 32.8 Å². The Kier molecular flexibility index (Phi) is 5.30. The van der Waals surface area contributed by atoms with Gasteiger partial charge in [0, 0.05) is 55.6 Å². The fraction of sp³-hybridized carbons (Fsp3) is 0.364. The highest BCUT2D eigenvalue weighted by molar-refractivity contribution is 5.24. The van der Waals surface area contributed by atoms with Crippen LogP contribution in [-0.2, 0) is 20.0 Å². The fourth-order valence-electron chi connectivity index (χ4n) is 3.89. The molecule has 0 saturated carbocycles. The lowest BCUT2D eigenvalue weighted by Gasteiger charge is -2.32. The number of rotatable bonds is 5. The van der Waals surface area contributed by atoms with E-state index in [-0.39, 0.29) is 5.82 Å². The third-order valence-corrected chi connectivity index (χ3v) is 5.22. The molecule has 1 aliphatic rings. The summed E-state index contributed by atoms with van der Waals surface area (Å²) < 4.78 is 15.0. The zero-order valence-electron chi connectivity index (χ0n) is 15.7. The zero-order chi connectivity index (χ0) is 18.6. The minimum absolute atomic E-state index is 0.198. The van der Waals surface area contributed by atoms with Gasteiger partial charge in [-0.2, -0.15) is 5.10 Å². The molecule has 2 aromatic heterocycles. The van der Waals surface area contributed by atoms with Crippen LogP contribution >= 0.6 is 0 Å². The second kappa shape index (κ2) is 8.01. The summed E-state index contributed by atoms with van der Waals surface area (Å²) in [5.41, 5.74) is 4.56. The van der Waals surface area contributed by atoms with Crippen LogP contribution in [0, 0.1) is 5.82 Å². The van der Waals surface area contributed by atoms with Gasteiger partial charge in [0.05, 0.1) is 6.20 Å². The van der Waals surface area contributed by atoms with Gasteiger partial charge in [0.15, 0.2) is 0 Å². The number of halogens is 1. The second-order valence-corrected chi connectivity index (χ2v) is 7.45. The van der Waals surface area contributed by atoms with Gasteiger partial charge in [-0.15, -0.1) is 0 Å². The maximum Gasteiger partial charge on any atom is 0.123 e. The van der Waals surface area contributed by atoms with Crippen LogP contribution in [0.1, 0.15) is 41.3 Å². The number of aryl methyl sites for hydroxylation is 1. The summed E-state index contributed by atoms with van der Waals surface area (Å²) in [7, 11) is 1.96. The normalized spacial score (nSPS) is 17.9. The summed E-state index contributed by atoms with van der Waals surface area (Å²) in [6.45, 7) is 3.10. The first kappa shape index (κ1) is 17.9. The van der Waals surface area contributed by atoms with Gasteiger partial charge in [0.2, 0.25) is 0 Å². The fourth-order valence-corrected chi connectivity index (χ4v) is 3.89. The SMILES string of the molecule is Cn1cc(CN2CCC[C@H](c3cccc(Cc4ccc(F)cc4)n3)C2)cn1. The number of nitrogens with zero attached hydrogens (tertiary/aromatic N) is 4. The van der Waals surface area contributed by atoms with E-state index < -0.39 is 0 Å². The summed E-state index contributed by atoms with van der Waals surface area (Å²) in [6, 6.07) is 13.0. The van der Waals surface area contributed by atoms with Gasteiger partial charge >= 0.3 is 0 Å². The van der Waals surface area contributed by atoms with Gasteiger partial charge in [-0.3, -0.25) is 14.6 Å². The summed E-state index contributed by atoms with van der Waals surface area (Å²) in [5, 5.41) is 4.27. The van der Waals surface area contributed by atoms with Gasteiger partial charge < -0.3 is 0 Å². The van der Waals surface area contributed by atoms with E-state index in [4.69, 9.17) is 4.98 Å². The predicted octanol–water partition coefficient (Wildman–Crippen LogP) is 3.92. The Morgan fingerprint density at radius 3 is 2.74 bits per heavy atom. The molecule has 4 nitrogen and oxygen atoms in total. The number of likely N-dealkylation sites (tertiary alicyclic amines) is 1. The van der Waals surface area contributed by atoms with Crippen molar-refractivity contribution in [3.63, 3.8) is 0 Å². The minimum Gasteiger partial charge on any atom is -0.298 e. The summed E-state index contributed by atoms with van der Waals surface area (Å²) in [5.74, 6) is 0.264. The van der Waals surface area contributed by atoms with E-state index in [1.807, 2.05) is 30.1 Å². The monoisotopic (exact) mass is 364 g/mol. The van der Waals surface area contributed by atoms with Crippen molar-refractivity contribution in [3.05, 3.63) is 83.2 Å². The van der Waals surface area contributed by atoms with Crippen LogP contribution in [0.25, 0.3) is 0 Å². The lowest BCUT2D eigenvalue weighted by atomic mass is 9.93. The third-order valence-electron chi connectivity index (χ3n) is 5.22. The Labute approximate surface area is 159 Å². The number of piperidine rings is 1. The van der Waals surface area contributed by atoms with E-state index >= 15 is 0 Å². The van der Waals surface area contributed by atoms with Crippen molar-refractivity contribution >= 4 is 0 Å². The average Bonchev–Trinajstić information content (AvgIpc) is 3.09. The molecule has 1 saturated heterocycles. The van der Waals surface area contributed by atoms with Gasteiger partial charge in [0.1, 0.15) is 5.82 Å². The van der Waals surface area contributed by atoms with Crippen molar-refractivity contribution in [2.75, 3.05) is 13.1 Å². The van der Waals surface area contributed by atoms with Crippen LogP contribution in [0.3, 0.4) is 0 Å². The number of hydrogen-bond acceptors (Lipinski definition) is 3. The highest BCUT2D eigenvalue weighted by Crippen LogP contribution is 2.27. The van der Waals surface area contributed by atoms with E-state index in [1.54, 1.807) is 0 Å². The van der Waals surface area contributed by atoms with Crippen molar-refractivity contribution in [1.82, 2.24) is 19.7 Å². The highest BCUT2D eigenvalue weighted by Gasteiger charge is 2.22. The standard InChI is InChI=1S/C22H25FN4/c1-26-14-18(13-24-26)15-27-11-3-4-19(16-27)22-6-2-5-21(25-22)12-17-7-9-20(23)10-8-17/h2,5-10,13-14,19H,3-4,11-12,15-16H2,1H3/t19-/m0/s1. The van der Waals surface area contributed by atoms with Crippen molar-refractivity contribution in [2.45, 2.75) is 31.7 Å². The first-order chi connectivity index (χ1) is 13.2. The van der Waals surface area contributed by atoms with E-state index in [9.17, 15) is 4.39 Å². The predicted molar refractivity (Wildman–Crippen MR) is 104 cm³/mol. The molecule has 3 heterocycles. The molecular weight excluding hydrogens is 339 g/mol. The Morgan fingerprint density at radius 2 is 1.96 bits per heavy atom. The summed E-state index contributed by atoms with van der Waals surface area (Å²) in [4.78, 5) is 7.42. The number of benzene rings is 1. The van der Waals surface area contributed by atoms with Crippen LogP contribution in [0.15, 0.2) is 54.9 Å². The first-order valence-electron chi connectivity index (χ1n) is 9.56. The number of aromatic nitrogens is 3. The molecule has 3 aromatic rings. The van der Waals surface area contributed by atoms with E-state index in [0.717, 1.165) is 37.3 Å². The van der Waals surface area contributed by atoms with E-state index in [1.165, 1.54) is 36.2 Å². The molecule has 1 aromatic carbocycles. The van der Waals surface area contributed by atoms with Gasteiger partial charge in [-0.1, -0.05) is 18.2 Å². The minimum atomic E-state index is -0.198. The Morgan fingerprint density at radius 1 is 1.11 bits per heavy atom. The van der Waals surface area contributed by atoms with Crippen molar-refractivity contribution in [2.24, 2.45) is 7.05 Å². The van der Waals surface area contributed by atoms with Crippen molar-refractivity contribution in [3.8, 4) is 0 Å². The maximum absolute atomic E-state index is 13.1. The molecule has 0 spiro atoms. The lowest BCUT2D eigenvalue weighted by Crippen LogP contribution is -2.34. The van der Waals surface area contributed by atoms with E-state index in [2.05, 4.69) is 34.4 Å². The van der Waals surface area contributed by atoms with E-state index in [0.29, 0.717) is 5.92 Å². The number of pyridine rings is 1. The highest BCUT2D eigenvalue weighted by atomic mass is 19.1. The van der Waals surface area contributed by atoms with Gasteiger partial charge in [0.25, 0.3) is 0 Å². The molecular formula is C22H25FN4. The summed E-state index contributed by atoms with van der Waals surface area (Å²) >= 11 is 0. The van der Waals surface area contributed by atoms with Crippen molar-refractivity contribution in [1.29, 1.82) is 0 Å². The van der Waals surface area contributed by atoms with Crippen molar-refractivity contribution < 1.29 is 4.39 Å². The molecule has 0 amide bonds. The number of hydrogen-bond donors (Lipinski definition) is 0. The maximum atomic E-state index is 13.1. The molecule has 27 heavy (non-hydrogen) atoms. The van der Waals surface area contributed by atoms with Gasteiger partial charge in [-0.25, -0.2) is 4.39 Å². The molecule has 5 heteroatoms. The zero-order valence-corrected chi connectivity index (χ0v) is 15.7. The van der Waals surface area contributed by atoms with Gasteiger partial charge in [-0.05, 0) is 49.2 Å². The topological polar surface area (TPSA) is 34.0 Å². The first-order valence-corrected chi connectivity index (χ1v) is 9.56. The molecule has 0 N–H and O–H groups in total. The smallest absolute Gasteiger partial charge is 0.123 e. The third kappa shape index (κ3) is 4.61. The molecule has 0 unspecified atom stereocenters. The summed E-state index contributed by atoms with van der Waals surface area (Å²) in [6.07, 6.45) is 7.14. The van der Waals surface area contributed by atoms with Crippen LogP contribution in [0.2, 0.25) is 0 Å². The molecule has 140 valence electrons. The molecule has 4 rings (SSSR count). The second-order valence-electron chi connectivity index (χ2n) is 7.45. The molecule has 0 bridgehead atoms. The molecule has 1 fully saturated rings.